The zero-order valence-corrected chi connectivity index (χ0v) is 15.4. The summed E-state index contributed by atoms with van der Waals surface area (Å²) in [4.78, 5) is 4.15. The molecule has 3 rings (SSSR count). The number of nitrogens with zero attached hydrogens (tertiary/aromatic N) is 1. The number of aliphatic hydroxyl groups excluding tert-OH is 1. The van der Waals surface area contributed by atoms with Crippen LogP contribution in [0.3, 0.4) is 0 Å². The van der Waals surface area contributed by atoms with Crippen LogP contribution in [0.2, 0.25) is 0 Å². The largest absolute Gasteiger partial charge is 0.391 e. The van der Waals surface area contributed by atoms with Crippen LogP contribution in [0.4, 0.5) is 0 Å². The van der Waals surface area contributed by atoms with Crippen molar-refractivity contribution >= 4 is 0 Å². The molecule has 4 nitrogen and oxygen atoms in total. The number of pyridine rings is 1. The lowest BCUT2D eigenvalue weighted by molar-refractivity contribution is 0.126. The third kappa shape index (κ3) is 5.73. The number of rotatable bonds is 8. The highest BCUT2D eigenvalue weighted by Gasteiger charge is 2.19. The molecule has 1 heterocycles. The fourth-order valence-corrected chi connectivity index (χ4v) is 3.26. The summed E-state index contributed by atoms with van der Waals surface area (Å²) in [6.07, 6.45) is 4.84. The maximum absolute atomic E-state index is 10.4. The van der Waals surface area contributed by atoms with Gasteiger partial charge in [-0.15, -0.1) is 0 Å². The van der Waals surface area contributed by atoms with Crippen LogP contribution in [-0.2, 0) is 12.8 Å². The molecule has 3 atom stereocenters. The van der Waals surface area contributed by atoms with Gasteiger partial charge in [-0.1, -0.05) is 60.7 Å². The molecule has 3 aromatic rings. The first-order valence-corrected chi connectivity index (χ1v) is 9.34. The average Bonchev–Trinajstić information content (AvgIpc) is 2.70. The topological polar surface area (TPSA) is 85.2 Å². The van der Waals surface area contributed by atoms with Crippen molar-refractivity contribution in [3.8, 4) is 11.1 Å². The molecule has 0 saturated heterocycles. The van der Waals surface area contributed by atoms with Gasteiger partial charge in [0.2, 0.25) is 0 Å². The molecule has 0 amide bonds. The fraction of sp³-hybridized carbons (Fsp3) is 0.261. The van der Waals surface area contributed by atoms with Gasteiger partial charge in [0.25, 0.3) is 0 Å². The molecule has 140 valence electrons. The van der Waals surface area contributed by atoms with Crippen molar-refractivity contribution in [1.29, 1.82) is 0 Å². The summed E-state index contributed by atoms with van der Waals surface area (Å²) in [7, 11) is 0. The summed E-state index contributed by atoms with van der Waals surface area (Å²) in [5.41, 5.74) is 16.9. The Morgan fingerprint density at radius 2 is 1.48 bits per heavy atom. The number of hydrogen-bond donors (Lipinski definition) is 3. The summed E-state index contributed by atoms with van der Waals surface area (Å²) in [6, 6.07) is 21.8. The van der Waals surface area contributed by atoms with E-state index in [-0.39, 0.29) is 12.1 Å². The molecule has 0 unspecified atom stereocenters. The van der Waals surface area contributed by atoms with E-state index in [1.807, 2.05) is 36.5 Å². The van der Waals surface area contributed by atoms with Gasteiger partial charge < -0.3 is 16.6 Å². The predicted octanol–water partition coefficient (Wildman–Crippen LogP) is 2.94. The third-order valence-electron chi connectivity index (χ3n) is 4.80. The summed E-state index contributed by atoms with van der Waals surface area (Å²) in [6.45, 7) is 0. The SMILES string of the molecule is N[C@@H](Cc1ccccc1)C[C@H](O)[C@@H](N)Cc1ccc(-c2cccnc2)cc1. The van der Waals surface area contributed by atoms with Crippen molar-refractivity contribution in [1.82, 2.24) is 4.98 Å². The van der Waals surface area contributed by atoms with Crippen LogP contribution in [0.15, 0.2) is 79.1 Å². The molecule has 0 aliphatic carbocycles. The summed E-state index contributed by atoms with van der Waals surface area (Å²) in [5.74, 6) is 0. The highest BCUT2D eigenvalue weighted by Crippen LogP contribution is 2.19. The van der Waals surface area contributed by atoms with Gasteiger partial charge in [0, 0.05) is 24.5 Å². The Labute approximate surface area is 160 Å². The summed E-state index contributed by atoms with van der Waals surface area (Å²) < 4.78 is 0. The first-order valence-electron chi connectivity index (χ1n) is 9.34. The van der Waals surface area contributed by atoms with Crippen LogP contribution in [0, 0.1) is 0 Å². The Morgan fingerprint density at radius 3 is 2.15 bits per heavy atom. The van der Waals surface area contributed by atoms with E-state index in [2.05, 4.69) is 41.4 Å². The van der Waals surface area contributed by atoms with Crippen molar-refractivity contribution in [2.75, 3.05) is 0 Å². The van der Waals surface area contributed by atoms with E-state index in [0.29, 0.717) is 12.8 Å². The molecule has 0 aliphatic heterocycles. The zero-order chi connectivity index (χ0) is 19.1. The maximum Gasteiger partial charge on any atom is 0.0709 e. The number of aliphatic hydroxyl groups is 1. The first kappa shape index (κ1) is 19.2. The second kappa shape index (κ2) is 9.42. The van der Waals surface area contributed by atoms with Crippen molar-refractivity contribution in [2.45, 2.75) is 37.5 Å². The van der Waals surface area contributed by atoms with Gasteiger partial charge in [0.15, 0.2) is 0 Å². The standard InChI is InChI=1S/C23H27N3O/c24-21(13-17-5-2-1-3-6-17)15-23(27)22(25)14-18-8-10-19(11-9-18)20-7-4-12-26-16-20/h1-12,16,21-23,27H,13-15,24-25H2/t21-,22-,23-/m0/s1. The molecule has 1 aromatic heterocycles. The number of benzene rings is 2. The molecule has 27 heavy (non-hydrogen) atoms. The molecule has 2 aromatic carbocycles. The van der Waals surface area contributed by atoms with Crippen LogP contribution >= 0.6 is 0 Å². The first-order chi connectivity index (χ1) is 13.1. The van der Waals surface area contributed by atoms with E-state index in [0.717, 1.165) is 23.1 Å². The Kier molecular flexibility index (Phi) is 6.71. The van der Waals surface area contributed by atoms with Gasteiger partial charge in [-0.3, -0.25) is 4.98 Å². The van der Waals surface area contributed by atoms with Crippen molar-refractivity contribution < 1.29 is 5.11 Å². The minimum absolute atomic E-state index is 0.110. The molecule has 0 spiro atoms. The molecule has 0 fully saturated rings. The monoisotopic (exact) mass is 361 g/mol. The fourth-order valence-electron chi connectivity index (χ4n) is 3.26. The van der Waals surface area contributed by atoms with E-state index < -0.39 is 6.10 Å². The highest BCUT2D eigenvalue weighted by atomic mass is 16.3. The highest BCUT2D eigenvalue weighted by molar-refractivity contribution is 5.62. The lowest BCUT2D eigenvalue weighted by atomic mass is 9.94. The second-order valence-corrected chi connectivity index (χ2v) is 7.06. The molecule has 0 saturated carbocycles. The number of nitrogens with two attached hydrogens (primary N) is 2. The van der Waals surface area contributed by atoms with Crippen molar-refractivity contribution in [3.05, 3.63) is 90.3 Å². The van der Waals surface area contributed by atoms with Gasteiger partial charge in [-0.05, 0) is 47.6 Å². The lowest BCUT2D eigenvalue weighted by Crippen LogP contribution is -2.41. The third-order valence-corrected chi connectivity index (χ3v) is 4.80. The van der Waals surface area contributed by atoms with Gasteiger partial charge in [-0.25, -0.2) is 0 Å². The van der Waals surface area contributed by atoms with E-state index >= 15 is 0 Å². The van der Waals surface area contributed by atoms with Crippen LogP contribution < -0.4 is 11.5 Å². The maximum atomic E-state index is 10.4. The summed E-state index contributed by atoms with van der Waals surface area (Å²) in [5, 5.41) is 10.4. The molecule has 0 aliphatic rings. The molecular formula is C23H27N3O. The van der Waals surface area contributed by atoms with Crippen LogP contribution in [-0.4, -0.2) is 28.3 Å². The summed E-state index contributed by atoms with van der Waals surface area (Å²) >= 11 is 0. The quantitative estimate of drug-likeness (QED) is 0.576. The zero-order valence-electron chi connectivity index (χ0n) is 15.4. The smallest absolute Gasteiger partial charge is 0.0709 e. The van der Waals surface area contributed by atoms with Crippen LogP contribution in [0.5, 0.6) is 0 Å². The number of hydrogen-bond acceptors (Lipinski definition) is 4. The normalized spacial score (nSPS) is 14.5. The molecule has 5 N–H and O–H groups in total. The van der Waals surface area contributed by atoms with Gasteiger partial charge in [0.1, 0.15) is 0 Å². The van der Waals surface area contributed by atoms with Crippen LogP contribution in [0.1, 0.15) is 17.5 Å². The molecule has 4 heteroatoms. The van der Waals surface area contributed by atoms with E-state index in [9.17, 15) is 5.11 Å². The molecule has 0 radical (unpaired) electrons. The van der Waals surface area contributed by atoms with Gasteiger partial charge >= 0.3 is 0 Å². The minimum Gasteiger partial charge on any atom is -0.391 e. The van der Waals surface area contributed by atoms with E-state index in [4.69, 9.17) is 11.5 Å². The molecule has 0 bridgehead atoms. The number of aromatic nitrogens is 1. The van der Waals surface area contributed by atoms with E-state index in [1.165, 1.54) is 5.56 Å². The average molecular weight is 361 g/mol. The Balaban J connectivity index is 1.52. The minimum atomic E-state index is -0.623. The molecular weight excluding hydrogens is 334 g/mol. The van der Waals surface area contributed by atoms with Crippen molar-refractivity contribution in [3.63, 3.8) is 0 Å². The Morgan fingerprint density at radius 1 is 0.778 bits per heavy atom. The van der Waals surface area contributed by atoms with Crippen molar-refractivity contribution in [2.24, 2.45) is 11.5 Å². The van der Waals surface area contributed by atoms with Gasteiger partial charge in [-0.2, -0.15) is 0 Å². The van der Waals surface area contributed by atoms with Gasteiger partial charge in [0.05, 0.1) is 6.10 Å². The van der Waals surface area contributed by atoms with E-state index in [1.54, 1.807) is 6.20 Å². The van der Waals surface area contributed by atoms with Crippen LogP contribution in [0.25, 0.3) is 11.1 Å². The lowest BCUT2D eigenvalue weighted by Gasteiger charge is -2.22. The second-order valence-electron chi connectivity index (χ2n) is 7.06. The Hall–Kier alpha value is -2.53. The Bertz CT molecular complexity index is 806. The predicted molar refractivity (Wildman–Crippen MR) is 110 cm³/mol.